The molecule has 31 heavy (non-hydrogen) atoms. The maximum atomic E-state index is 4.80. The fourth-order valence-corrected chi connectivity index (χ4v) is 4.49. The van der Waals surface area contributed by atoms with Gasteiger partial charge in [0.2, 0.25) is 0 Å². The van der Waals surface area contributed by atoms with Gasteiger partial charge in [0.15, 0.2) is 0 Å². The van der Waals surface area contributed by atoms with Gasteiger partial charge in [-0.05, 0) is 41.6 Å². The van der Waals surface area contributed by atoms with E-state index in [9.17, 15) is 0 Å². The Hall–Kier alpha value is -3.09. The number of rotatable bonds is 4. The van der Waals surface area contributed by atoms with Gasteiger partial charge in [-0.1, -0.05) is 66.7 Å². The first-order valence-corrected chi connectivity index (χ1v) is 10.7. The lowest BCUT2D eigenvalue weighted by atomic mass is 10.1. The van der Waals surface area contributed by atoms with Gasteiger partial charge in [0, 0.05) is 22.0 Å². The lowest BCUT2D eigenvalue weighted by molar-refractivity contribution is -0.660. The lowest BCUT2D eigenvalue weighted by Gasteiger charge is -2.11. The molecule has 0 unspecified atom stereocenters. The summed E-state index contributed by atoms with van der Waals surface area (Å²) < 4.78 is 4.34. The molecule has 5 rings (SSSR count). The van der Waals surface area contributed by atoms with Crippen LogP contribution < -0.4 is 21.5 Å². The van der Waals surface area contributed by atoms with E-state index < -0.39 is 0 Å². The van der Waals surface area contributed by atoms with Crippen LogP contribution in [0.4, 0.5) is 10.8 Å². The van der Waals surface area contributed by atoms with E-state index in [4.69, 9.17) is 5.11 Å². The van der Waals surface area contributed by atoms with Crippen LogP contribution in [0.5, 0.6) is 0 Å². The van der Waals surface area contributed by atoms with Crippen molar-refractivity contribution >= 4 is 33.1 Å². The predicted molar refractivity (Wildman–Crippen MR) is 123 cm³/mol. The summed E-state index contributed by atoms with van der Waals surface area (Å²) in [7, 11) is 2.02. The van der Waals surface area contributed by atoms with Gasteiger partial charge in [-0.25, -0.2) is 4.57 Å². The van der Waals surface area contributed by atoms with Crippen LogP contribution in [0.15, 0.2) is 101 Å². The molecule has 6 heteroatoms. The smallest absolute Gasteiger partial charge is 0.408 e. The van der Waals surface area contributed by atoms with Crippen molar-refractivity contribution in [3.05, 3.63) is 96.0 Å². The third-order valence-electron chi connectivity index (χ3n) is 5.30. The average Bonchev–Trinajstić information content (AvgIpc) is 3.30. The largest absolute Gasteiger partial charge is 1.00 e. The number of para-hydroxylation sites is 2. The normalized spacial score (nSPS) is 11.2. The quantitative estimate of drug-likeness (QED) is 0.271. The van der Waals surface area contributed by atoms with Crippen LogP contribution in [-0.4, -0.2) is 4.57 Å². The molecule has 0 aliphatic carbocycles. The highest BCUT2D eigenvalue weighted by Crippen LogP contribution is 2.42. The minimum Gasteiger partial charge on any atom is -1.00 e. The minimum absolute atomic E-state index is 0. The van der Waals surface area contributed by atoms with Crippen molar-refractivity contribution < 1.29 is 21.5 Å². The Bertz CT molecular complexity index is 1350. The Morgan fingerprint density at radius 3 is 2.13 bits per heavy atom. The number of azo groups is 1. The van der Waals surface area contributed by atoms with Gasteiger partial charge in [0.1, 0.15) is 11.4 Å². The Morgan fingerprint density at radius 1 is 0.806 bits per heavy atom. The molecule has 0 saturated heterocycles. The summed E-state index contributed by atoms with van der Waals surface area (Å²) >= 11 is 1.60. The first-order chi connectivity index (χ1) is 14.7. The molecule has 5 aromatic rings. The standard InChI is InChI=1S/C25H21N4S.BrH/c1-18-17-30-25(28(18)2)27-26-23-21-15-9-10-16-22(21)29(20-13-7-4-8-14-20)24(23)19-11-5-3-6-12-19;/h3-17H,1-2H3;1H/q+1;/p-1. The molecule has 0 fully saturated rings. The van der Waals surface area contributed by atoms with E-state index >= 15 is 0 Å². The van der Waals surface area contributed by atoms with Gasteiger partial charge in [-0.3, -0.25) is 0 Å². The highest BCUT2D eigenvalue weighted by Gasteiger charge is 2.22. The molecule has 0 N–H and O–H groups in total. The third kappa shape index (κ3) is 3.84. The number of aryl methyl sites for hydroxylation is 1. The van der Waals surface area contributed by atoms with Crippen molar-refractivity contribution in [1.82, 2.24) is 4.57 Å². The molecule has 0 atom stereocenters. The highest BCUT2D eigenvalue weighted by atomic mass is 79.9. The second-order valence-electron chi connectivity index (χ2n) is 7.17. The van der Waals surface area contributed by atoms with Crippen LogP contribution in [0, 0.1) is 6.92 Å². The molecule has 0 saturated carbocycles. The monoisotopic (exact) mass is 488 g/mol. The van der Waals surface area contributed by atoms with Crippen molar-refractivity contribution in [2.75, 3.05) is 0 Å². The summed E-state index contributed by atoms with van der Waals surface area (Å²) in [6.07, 6.45) is 0. The first-order valence-electron chi connectivity index (χ1n) is 9.84. The van der Waals surface area contributed by atoms with Crippen molar-refractivity contribution in [2.45, 2.75) is 6.92 Å². The number of thiazole rings is 1. The van der Waals surface area contributed by atoms with Crippen LogP contribution in [0.3, 0.4) is 0 Å². The molecular formula is C25H21BrN4S. The maximum Gasteiger partial charge on any atom is 0.408 e. The zero-order valence-corrected chi connectivity index (χ0v) is 19.6. The summed E-state index contributed by atoms with van der Waals surface area (Å²) in [5.41, 5.74) is 6.42. The molecule has 0 aliphatic heterocycles. The third-order valence-corrected chi connectivity index (χ3v) is 6.32. The highest BCUT2D eigenvalue weighted by molar-refractivity contribution is 7.12. The number of nitrogens with zero attached hydrogens (tertiary/aromatic N) is 4. The molecule has 2 heterocycles. The van der Waals surface area contributed by atoms with E-state index in [2.05, 4.69) is 99.3 Å². The van der Waals surface area contributed by atoms with E-state index in [1.54, 1.807) is 11.3 Å². The first kappa shape index (κ1) is 21.2. The number of hydrogen-bond donors (Lipinski definition) is 0. The van der Waals surface area contributed by atoms with Gasteiger partial charge in [-0.2, -0.15) is 0 Å². The van der Waals surface area contributed by atoms with Gasteiger partial charge in [0.05, 0.1) is 23.4 Å². The summed E-state index contributed by atoms with van der Waals surface area (Å²) in [6, 6.07) is 29.2. The molecule has 0 aliphatic rings. The number of hydrogen-bond acceptors (Lipinski definition) is 3. The van der Waals surface area contributed by atoms with Gasteiger partial charge in [-0.15, -0.1) is 0 Å². The molecule has 0 bridgehead atoms. The molecule has 3 aromatic carbocycles. The van der Waals surface area contributed by atoms with E-state index in [-0.39, 0.29) is 17.0 Å². The van der Waals surface area contributed by atoms with E-state index in [0.29, 0.717) is 0 Å². The van der Waals surface area contributed by atoms with Crippen molar-refractivity contribution in [2.24, 2.45) is 17.3 Å². The molecule has 2 aromatic heterocycles. The number of aromatic nitrogens is 2. The van der Waals surface area contributed by atoms with Crippen LogP contribution in [0.2, 0.25) is 0 Å². The van der Waals surface area contributed by atoms with Crippen LogP contribution in [0.1, 0.15) is 5.69 Å². The molecule has 0 spiro atoms. The molecule has 0 radical (unpaired) electrons. The van der Waals surface area contributed by atoms with Gasteiger partial charge in [0.25, 0.3) is 0 Å². The number of benzene rings is 3. The zero-order chi connectivity index (χ0) is 20.5. The van der Waals surface area contributed by atoms with E-state index in [0.717, 1.165) is 38.7 Å². The Morgan fingerprint density at radius 2 is 1.45 bits per heavy atom. The van der Waals surface area contributed by atoms with Crippen LogP contribution >= 0.6 is 11.3 Å². The van der Waals surface area contributed by atoms with Crippen LogP contribution in [-0.2, 0) is 7.05 Å². The van der Waals surface area contributed by atoms with Crippen molar-refractivity contribution in [3.63, 3.8) is 0 Å². The Balaban J connectivity index is 0.00000231. The second-order valence-corrected chi connectivity index (χ2v) is 8.01. The molecule has 154 valence electrons. The lowest BCUT2D eigenvalue weighted by Crippen LogP contribution is -3.00. The summed E-state index contributed by atoms with van der Waals surface area (Å²) in [6.45, 7) is 2.08. The summed E-state index contributed by atoms with van der Waals surface area (Å²) in [5.74, 6) is 0. The molecule has 4 nitrogen and oxygen atoms in total. The minimum atomic E-state index is 0. The number of fused-ring (bicyclic) bond motifs is 1. The molecular weight excluding hydrogens is 468 g/mol. The van der Waals surface area contributed by atoms with Gasteiger partial charge >= 0.3 is 5.13 Å². The number of halogens is 1. The van der Waals surface area contributed by atoms with Crippen molar-refractivity contribution in [3.8, 4) is 16.9 Å². The fraction of sp³-hybridized carbons (Fsp3) is 0.0800. The zero-order valence-electron chi connectivity index (χ0n) is 17.2. The average molecular weight is 489 g/mol. The molecule has 0 amide bonds. The van der Waals surface area contributed by atoms with Gasteiger partial charge < -0.3 is 21.5 Å². The summed E-state index contributed by atoms with van der Waals surface area (Å²) in [4.78, 5) is 0. The maximum absolute atomic E-state index is 4.80. The second kappa shape index (κ2) is 8.96. The predicted octanol–water partition coefficient (Wildman–Crippen LogP) is 3.91. The SMILES string of the molecule is Cc1csc(N=Nc2c(-c3ccccc3)n(-c3ccccc3)c3ccccc23)[n+]1C.[Br-]. The fourth-order valence-electron chi connectivity index (χ4n) is 3.66. The Kier molecular flexibility index (Phi) is 6.11. The van der Waals surface area contributed by atoms with Crippen molar-refractivity contribution in [1.29, 1.82) is 0 Å². The van der Waals surface area contributed by atoms with E-state index in [1.165, 1.54) is 5.69 Å². The summed E-state index contributed by atoms with van der Waals surface area (Å²) in [5, 5.41) is 13.5. The topological polar surface area (TPSA) is 33.5 Å². The Labute approximate surface area is 195 Å². The van der Waals surface area contributed by atoms with Crippen LogP contribution in [0.25, 0.3) is 27.8 Å². The van der Waals surface area contributed by atoms with E-state index in [1.807, 2.05) is 19.2 Å².